The Bertz CT molecular complexity index is 648. The summed E-state index contributed by atoms with van der Waals surface area (Å²) in [5, 5.41) is 10.8. The third-order valence-corrected chi connectivity index (χ3v) is 4.74. The normalized spacial score (nSPS) is 14.7. The van der Waals surface area contributed by atoms with Crippen LogP contribution in [0.4, 0.5) is 0 Å². The number of guanidine groups is 1. The lowest BCUT2D eigenvalue weighted by Crippen LogP contribution is -2.50. The van der Waals surface area contributed by atoms with Crippen molar-refractivity contribution < 1.29 is 9.59 Å². The number of fused-ring (bicyclic) bond motifs is 1. The highest BCUT2D eigenvalue weighted by Gasteiger charge is 2.21. The fourth-order valence-electron chi connectivity index (χ4n) is 2.58. The summed E-state index contributed by atoms with van der Waals surface area (Å²) in [4.78, 5) is 31.5. The Kier molecular flexibility index (Phi) is 6.41. The van der Waals surface area contributed by atoms with Gasteiger partial charge < -0.3 is 20.9 Å². The maximum Gasteiger partial charge on any atom is 0.242 e. The van der Waals surface area contributed by atoms with Gasteiger partial charge in [0, 0.05) is 30.6 Å². The van der Waals surface area contributed by atoms with E-state index in [1.807, 2.05) is 25.7 Å². The Hall–Kier alpha value is -2.09. The van der Waals surface area contributed by atoms with Crippen molar-refractivity contribution in [1.29, 1.82) is 0 Å². The molecule has 0 aromatic carbocycles. The van der Waals surface area contributed by atoms with Crippen LogP contribution >= 0.6 is 11.3 Å². The average molecular weight is 366 g/mol. The topological polar surface area (TPSA) is 85.8 Å². The van der Waals surface area contributed by atoms with Crippen molar-refractivity contribution in [2.75, 3.05) is 26.7 Å². The number of rotatable bonds is 4. The van der Waals surface area contributed by atoms with Crippen LogP contribution in [0.3, 0.4) is 0 Å². The second-order valence-electron chi connectivity index (χ2n) is 7.01. The van der Waals surface area contributed by atoms with E-state index in [0.717, 1.165) is 13.0 Å². The molecule has 1 aromatic rings. The van der Waals surface area contributed by atoms with Gasteiger partial charge in [-0.1, -0.05) is 0 Å². The van der Waals surface area contributed by atoms with Gasteiger partial charge in [-0.25, -0.2) is 0 Å². The van der Waals surface area contributed by atoms with Crippen LogP contribution in [0.5, 0.6) is 0 Å². The second kappa shape index (κ2) is 8.33. The lowest BCUT2D eigenvalue weighted by molar-refractivity contribution is -0.130. The number of nitrogens with one attached hydrogen (secondary N) is 3. The fourth-order valence-corrected chi connectivity index (χ4v) is 3.47. The van der Waals surface area contributed by atoms with Crippen LogP contribution in [0.2, 0.25) is 0 Å². The van der Waals surface area contributed by atoms with Crippen molar-refractivity contribution in [3.8, 4) is 0 Å². The molecule has 0 bridgehead atoms. The van der Waals surface area contributed by atoms with Crippen molar-refractivity contribution in [2.24, 2.45) is 4.99 Å². The molecule has 1 aromatic heterocycles. The van der Waals surface area contributed by atoms with Gasteiger partial charge in [0.15, 0.2) is 5.96 Å². The smallest absolute Gasteiger partial charge is 0.242 e. The molecule has 25 heavy (non-hydrogen) atoms. The maximum atomic E-state index is 12.4. The molecule has 0 saturated heterocycles. The lowest BCUT2D eigenvalue weighted by atomic mass is 10.1. The van der Waals surface area contributed by atoms with E-state index in [1.165, 1.54) is 10.4 Å². The third kappa shape index (κ3) is 6.04. The zero-order valence-corrected chi connectivity index (χ0v) is 16.1. The number of amides is 2. The molecule has 0 fully saturated rings. The van der Waals surface area contributed by atoms with Gasteiger partial charge in [-0.05, 0) is 44.2 Å². The fraction of sp³-hybridized carbons (Fsp3) is 0.588. The highest BCUT2D eigenvalue weighted by Crippen LogP contribution is 2.23. The van der Waals surface area contributed by atoms with E-state index in [4.69, 9.17) is 0 Å². The van der Waals surface area contributed by atoms with Gasteiger partial charge in [0.1, 0.15) is 0 Å². The molecule has 1 aliphatic rings. The van der Waals surface area contributed by atoms with E-state index < -0.39 is 0 Å². The van der Waals surface area contributed by atoms with E-state index >= 15 is 0 Å². The summed E-state index contributed by atoms with van der Waals surface area (Å²) in [6.45, 7) is 7.44. The van der Waals surface area contributed by atoms with Crippen LogP contribution in [0.15, 0.2) is 16.4 Å². The molecule has 0 atom stereocenters. The highest BCUT2D eigenvalue weighted by molar-refractivity contribution is 7.10. The van der Waals surface area contributed by atoms with E-state index in [9.17, 15) is 9.59 Å². The Balaban J connectivity index is 1.75. The van der Waals surface area contributed by atoms with Gasteiger partial charge >= 0.3 is 0 Å². The van der Waals surface area contributed by atoms with Crippen LogP contribution in [0, 0.1) is 0 Å². The van der Waals surface area contributed by atoms with Crippen molar-refractivity contribution in [3.05, 3.63) is 21.9 Å². The number of hydrogen-bond acceptors (Lipinski definition) is 4. The van der Waals surface area contributed by atoms with E-state index in [-0.39, 0.29) is 30.4 Å². The first-order valence-electron chi connectivity index (χ1n) is 8.37. The first-order valence-corrected chi connectivity index (χ1v) is 9.25. The Morgan fingerprint density at radius 1 is 1.28 bits per heavy atom. The van der Waals surface area contributed by atoms with Gasteiger partial charge in [-0.2, -0.15) is 0 Å². The number of nitrogens with zero attached hydrogens (tertiary/aromatic N) is 2. The standard InChI is InChI=1S/C17H27N5O2S/c1-17(2,3)21-14(23)9-19-16(18-4)20-10-15(24)22-7-5-13-12(11-22)6-8-25-13/h6,8H,5,7,9-11H2,1-4H3,(H,21,23)(H2,18,19,20). The predicted molar refractivity (Wildman–Crippen MR) is 101 cm³/mol. The summed E-state index contributed by atoms with van der Waals surface area (Å²) in [7, 11) is 1.61. The van der Waals surface area contributed by atoms with Gasteiger partial charge in [0.2, 0.25) is 11.8 Å². The molecular weight excluding hydrogens is 338 g/mol. The number of carbonyl (C=O) groups is 2. The molecule has 0 radical (unpaired) electrons. The molecule has 0 spiro atoms. The Labute approximate surface area is 152 Å². The van der Waals surface area contributed by atoms with Gasteiger partial charge in [-0.3, -0.25) is 14.6 Å². The molecule has 138 valence electrons. The zero-order chi connectivity index (χ0) is 18.4. The third-order valence-electron chi connectivity index (χ3n) is 3.72. The number of hydrogen-bond donors (Lipinski definition) is 3. The van der Waals surface area contributed by atoms with E-state index in [1.54, 1.807) is 18.4 Å². The minimum Gasteiger partial charge on any atom is -0.350 e. The quantitative estimate of drug-likeness (QED) is 0.542. The summed E-state index contributed by atoms with van der Waals surface area (Å²) in [6, 6.07) is 2.08. The Morgan fingerprint density at radius 2 is 2.00 bits per heavy atom. The van der Waals surface area contributed by atoms with E-state index in [2.05, 4.69) is 32.4 Å². The number of aliphatic imine (C=N–C) groups is 1. The van der Waals surface area contributed by atoms with Crippen molar-refractivity contribution >= 4 is 29.1 Å². The molecule has 1 aliphatic heterocycles. The largest absolute Gasteiger partial charge is 0.350 e. The van der Waals surface area contributed by atoms with Crippen LogP contribution in [-0.2, 0) is 22.6 Å². The zero-order valence-electron chi connectivity index (χ0n) is 15.3. The van der Waals surface area contributed by atoms with Gasteiger partial charge in [0.25, 0.3) is 0 Å². The van der Waals surface area contributed by atoms with E-state index in [0.29, 0.717) is 12.5 Å². The van der Waals surface area contributed by atoms with Crippen LogP contribution in [0.25, 0.3) is 0 Å². The monoisotopic (exact) mass is 365 g/mol. The SMILES string of the molecule is CN=C(NCC(=O)NC(C)(C)C)NCC(=O)N1CCc2sccc2C1. The highest BCUT2D eigenvalue weighted by atomic mass is 32.1. The summed E-state index contributed by atoms with van der Waals surface area (Å²) in [6.07, 6.45) is 0.915. The molecule has 2 amide bonds. The summed E-state index contributed by atoms with van der Waals surface area (Å²) >= 11 is 1.75. The Morgan fingerprint density at radius 3 is 2.68 bits per heavy atom. The number of carbonyl (C=O) groups excluding carboxylic acids is 2. The maximum absolute atomic E-state index is 12.4. The number of thiophene rings is 1. The summed E-state index contributed by atoms with van der Waals surface area (Å²) in [5.41, 5.74) is 0.964. The molecule has 7 nitrogen and oxygen atoms in total. The van der Waals surface area contributed by atoms with Crippen molar-refractivity contribution in [1.82, 2.24) is 20.9 Å². The van der Waals surface area contributed by atoms with Crippen LogP contribution in [0.1, 0.15) is 31.2 Å². The molecule has 2 rings (SSSR count). The summed E-state index contributed by atoms with van der Waals surface area (Å²) < 4.78 is 0. The predicted octanol–water partition coefficient (Wildman–Crippen LogP) is 0.713. The molecule has 2 heterocycles. The summed E-state index contributed by atoms with van der Waals surface area (Å²) in [5.74, 6) is 0.340. The molecule has 8 heteroatoms. The minimum atomic E-state index is -0.277. The lowest BCUT2D eigenvalue weighted by Gasteiger charge is -2.27. The first-order chi connectivity index (χ1) is 11.8. The van der Waals surface area contributed by atoms with Crippen molar-refractivity contribution in [3.63, 3.8) is 0 Å². The molecule has 0 aliphatic carbocycles. The second-order valence-corrected chi connectivity index (χ2v) is 8.01. The molecule has 3 N–H and O–H groups in total. The molecule has 0 saturated carbocycles. The van der Waals surface area contributed by atoms with Gasteiger partial charge in [0.05, 0.1) is 13.1 Å². The molecular formula is C17H27N5O2S. The van der Waals surface area contributed by atoms with Crippen LogP contribution < -0.4 is 16.0 Å². The van der Waals surface area contributed by atoms with Crippen LogP contribution in [-0.4, -0.2) is 54.9 Å². The first kappa shape index (κ1) is 19.2. The van der Waals surface area contributed by atoms with Gasteiger partial charge in [-0.15, -0.1) is 11.3 Å². The molecule has 0 unspecified atom stereocenters. The average Bonchev–Trinajstić information content (AvgIpc) is 3.00. The minimum absolute atomic E-state index is 0.0268. The van der Waals surface area contributed by atoms with Crippen molar-refractivity contribution in [2.45, 2.75) is 39.3 Å².